The second-order valence-corrected chi connectivity index (χ2v) is 5.58. The molecule has 1 aromatic rings. The molecule has 1 unspecified atom stereocenters. The van der Waals surface area contributed by atoms with Crippen LogP contribution in [0.25, 0.3) is 0 Å². The van der Waals surface area contributed by atoms with Crippen molar-refractivity contribution >= 4 is 5.97 Å². The average molecular weight is 261 g/mol. The van der Waals surface area contributed by atoms with Gasteiger partial charge in [0.2, 0.25) is 0 Å². The highest BCUT2D eigenvalue weighted by Gasteiger charge is 2.23. The van der Waals surface area contributed by atoms with Crippen molar-refractivity contribution in [1.82, 2.24) is 4.90 Å². The molecular formula is C16H23NO2. The van der Waals surface area contributed by atoms with Gasteiger partial charge in [0.25, 0.3) is 0 Å². The molecule has 0 aliphatic heterocycles. The molecule has 104 valence electrons. The van der Waals surface area contributed by atoms with E-state index >= 15 is 0 Å². The van der Waals surface area contributed by atoms with Gasteiger partial charge >= 0.3 is 5.97 Å². The highest BCUT2D eigenvalue weighted by atomic mass is 16.4. The summed E-state index contributed by atoms with van der Waals surface area (Å²) < 4.78 is 0. The van der Waals surface area contributed by atoms with E-state index in [1.807, 2.05) is 4.90 Å². The molecule has 2 rings (SSSR count). The summed E-state index contributed by atoms with van der Waals surface area (Å²) in [5.74, 6) is -0.00452. The van der Waals surface area contributed by atoms with Crippen LogP contribution in [0.5, 0.6) is 0 Å². The predicted octanol–water partition coefficient (Wildman–Crippen LogP) is 3.25. The van der Waals surface area contributed by atoms with Crippen molar-refractivity contribution in [2.24, 2.45) is 0 Å². The smallest absolute Gasteiger partial charge is 0.317 e. The number of aliphatic carboxylic acids is 1. The Hall–Kier alpha value is -1.35. The lowest BCUT2D eigenvalue weighted by atomic mass is 10.1. The maximum Gasteiger partial charge on any atom is 0.317 e. The Morgan fingerprint density at radius 3 is 2.79 bits per heavy atom. The van der Waals surface area contributed by atoms with Crippen molar-refractivity contribution in [2.75, 3.05) is 6.54 Å². The molecule has 1 atom stereocenters. The van der Waals surface area contributed by atoms with E-state index in [4.69, 9.17) is 5.11 Å². The minimum absolute atomic E-state index is 0.114. The molecule has 1 fully saturated rings. The fourth-order valence-electron chi connectivity index (χ4n) is 2.40. The van der Waals surface area contributed by atoms with E-state index in [9.17, 15) is 4.79 Å². The normalized spacial score (nSPS) is 16.6. The van der Waals surface area contributed by atoms with E-state index in [2.05, 4.69) is 38.1 Å². The van der Waals surface area contributed by atoms with E-state index in [0.717, 1.165) is 18.9 Å². The quantitative estimate of drug-likeness (QED) is 0.819. The Morgan fingerprint density at radius 1 is 1.47 bits per heavy atom. The van der Waals surface area contributed by atoms with Crippen molar-refractivity contribution in [3.05, 3.63) is 35.4 Å². The number of carboxylic acid groups (broad SMARTS) is 1. The molecule has 0 saturated heterocycles. The molecule has 1 aliphatic rings. The van der Waals surface area contributed by atoms with Crippen molar-refractivity contribution in [1.29, 1.82) is 0 Å². The molecule has 19 heavy (non-hydrogen) atoms. The van der Waals surface area contributed by atoms with Crippen molar-refractivity contribution < 1.29 is 9.90 Å². The molecule has 1 aliphatic carbocycles. The van der Waals surface area contributed by atoms with Crippen LogP contribution in [0.15, 0.2) is 24.3 Å². The van der Waals surface area contributed by atoms with Gasteiger partial charge in [-0.05, 0) is 43.2 Å². The molecule has 0 heterocycles. The van der Waals surface area contributed by atoms with E-state index in [1.54, 1.807) is 0 Å². The molecule has 0 bridgehead atoms. The lowest BCUT2D eigenvalue weighted by molar-refractivity contribution is -0.139. The minimum atomic E-state index is -0.751. The first-order valence-corrected chi connectivity index (χ1v) is 7.14. The number of nitrogens with zero attached hydrogens (tertiary/aromatic N) is 1. The van der Waals surface area contributed by atoms with Gasteiger partial charge in [0.05, 0.1) is 6.54 Å². The lowest BCUT2D eigenvalue weighted by Crippen LogP contribution is -2.36. The Kier molecular flexibility index (Phi) is 4.59. The maximum absolute atomic E-state index is 11.0. The second kappa shape index (κ2) is 6.20. The Balaban J connectivity index is 2.06. The molecule has 0 amide bonds. The third kappa shape index (κ3) is 4.06. The summed E-state index contributed by atoms with van der Waals surface area (Å²) in [6.07, 6.45) is 3.57. The van der Waals surface area contributed by atoms with Crippen molar-refractivity contribution in [3.8, 4) is 0 Å². The number of hydrogen-bond donors (Lipinski definition) is 1. The fourth-order valence-corrected chi connectivity index (χ4v) is 2.40. The topological polar surface area (TPSA) is 40.5 Å². The number of hydrogen-bond acceptors (Lipinski definition) is 2. The largest absolute Gasteiger partial charge is 0.480 e. The number of carbonyl (C=O) groups is 1. The van der Waals surface area contributed by atoms with E-state index in [0.29, 0.717) is 6.04 Å². The van der Waals surface area contributed by atoms with Gasteiger partial charge < -0.3 is 5.11 Å². The van der Waals surface area contributed by atoms with Crippen LogP contribution in [0.2, 0.25) is 0 Å². The maximum atomic E-state index is 11.0. The van der Waals surface area contributed by atoms with Crippen LogP contribution in [0, 0.1) is 0 Å². The summed E-state index contributed by atoms with van der Waals surface area (Å²) in [7, 11) is 0. The summed E-state index contributed by atoms with van der Waals surface area (Å²) >= 11 is 0. The minimum Gasteiger partial charge on any atom is -0.480 e. The molecule has 3 heteroatoms. The molecule has 1 aromatic carbocycles. The number of rotatable bonds is 7. The van der Waals surface area contributed by atoms with Crippen LogP contribution in [-0.4, -0.2) is 28.6 Å². The van der Waals surface area contributed by atoms with Gasteiger partial charge in [-0.15, -0.1) is 0 Å². The van der Waals surface area contributed by atoms with Crippen molar-refractivity contribution in [3.63, 3.8) is 0 Å². The van der Waals surface area contributed by atoms with Gasteiger partial charge in [-0.2, -0.15) is 0 Å². The zero-order valence-corrected chi connectivity index (χ0v) is 11.8. The molecule has 3 nitrogen and oxygen atoms in total. The first kappa shape index (κ1) is 14.1. The molecule has 1 saturated carbocycles. The van der Waals surface area contributed by atoms with Crippen molar-refractivity contribution in [2.45, 2.75) is 51.6 Å². The second-order valence-electron chi connectivity index (χ2n) is 5.58. The molecule has 1 N–H and O–H groups in total. The van der Waals surface area contributed by atoms with E-state index in [1.165, 1.54) is 24.0 Å². The van der Waals surface area contributed by atoms with Crippen LogP contribution in [-0.2, 0) is 11.3 Å². The molecule has 0 radical (unpaired) electrons. The first-order chi connectivity index (χ1) is 9.10. The third-order valence-electron chi connectivity index (χ3n) is 3.94. The molecule has 0 aromatic heterocycles. The molecular weight excluding hydrogens is 238 g/mol. The van der Waals surface area contributed by atoms with Crippen LogP contribution in [0.4, 0.5) is 0 Å². The van der Waals surface area contributed by atoms with Gasteiger partial charge in [-0.25, -0.2) is 0 Å². The SMILES string of the molecule is CCC(C)N(CC(=O)O)Cc1cccc(C2CC2)c1. The van der Waals surface area contributed by atoms with Gasteiger partial charge in [0, 0.05) is 12.6 Å². The van der Waals surface area contributed by atoms with Crippen LogP contribution >= 0.6 is 0 Å². The summed E-state index contributed by atoms with van der Waals surface area (Å²) in [6.45, 7) is 5.03. The average Bonchev–Trinajstić information content (AvgIpc) is 3.21. The summed E-state index contributed by atoms with van der Waals surface area (Å²) in [4.78, 5) is 13.0. The van der Waals surface area contributed by atoms with Crippen LogP contribution < -0.4 is 0 Å². The summed E-state index contributed by atoms with van der Waals surface area (Å²) in [6, 6.07) is 8.92. The Bertz CT molecular complexity index is 440. The number of carboxylic acids is 1. The fraction of sp³-hybridized carbons (Fsp3) is 0.562. The Morgan fingerprint density at radius 2 is 2.21 bits per heavy atom. The van der Waals surface area contributed by atoms with Gasteiger partial charge in [-0.3, -0.25) is 9.69 Å². The van der Waals surface area contributed by atoms with E-state index in [-0.39, 0.29) is 6.54 Å². The zero-order chi connectivity index (χ0) is 13.8. The summed E-state index contributed by atoms with van der Waals surface area (Å²) in [5.41, 5.74) is 2.64. The Labute approximate surface area is 115 Å². The lowest BCUT2D eigenvalue weighted by Gasteiger charge is -2.26. The monoisotopic (exact) mass is 261 g/mol. The molecule has 0 spiro atoms. The highest BCUT2D eigenvalue weighted by molar-refractivity contribution is 5.69. The number of benzene rings is 1. The standard InChI is InChI=1S/C16H23NO2/c1-3-12(2)17(11-16(18)19)10-13-5-4-6-15(9-13)14-7-8-14/h4-6,9,12,14H,3,7-8,10-11H2,1-2H3,(H,18,19). The van der Waals surface area contributed by atoms with Crippen LogP contribution in [0.1, 0.15) is 50.2 Å². The highest BCUT2D eigenvalue weighted by Crippen LogP contribution is 2.40. The van der Waals surface area contributed by atoms with E-state index < -0.39 is 5.97 Å². The van der Waals surface area contributed by atoms with Gasteiger partial charge in [0.1, 0.15) is 0 Å². The summed E-state index contributed by atoms with van der Waals surface area (Å²) in [5, 5.41) is 9.02. The third-order valence-corrected chi connectivity index (χ3v) is 3.94. The van der Waals surface area contributed by atoms with Gasteiger partial charge in [-0.1, -0.05) is 31.2 Å². The van der Waals surface area contributed by atoms with Gasteiger partial charge in [0.15, 0.2) is 0 Å². The zero-order valence-electron chi connectivity index (χ0n) is 11.8. The van der Waals surface area contributed by atoms with Crippen LogP contribution in [0.3, 0.4) is 0 Å². The first-order valence-electron chi connectivity index (χ1n) is 7.14. The predicted molar refractivity (Wildman–Crippen MR) is 76.2 cm³/mol.